The quantitative estimate of drug-likeness (QED) is 0.575. The summed E-state index contributed by atoms with van der Waals surface area (Å²) in [7, 11) is 0. The summed E-state index contributed by atoms with van der Waals surface area (Å²) in [6, 6.07) is 17.4. The zero-order valence-electron chi connectivity index (χ0n) is 13.9. The molecule has 0 saturated heterocycles. The summed E-state index contributed by atoms with van der Waals surface area (Å²) in [6.07, 6.45) is 0. The maximum atomic E-state index is 6.09. The van der Waals surface area contributed by atoms with Crippen molar-refractivity contribution in [3.8, 4) is 5.95 Å². The predicted molar refractivity (Wildman–Crippen MR) is 101 cm³/mol. The van der Waals surface area contributed by atoms with Crippen LogP contribution in [0.15, 0.2) is 54.6 Å². The molecule has 25 heavy (non-hydrogen) atoms. The number of fused-ring (bicyclic) bond motifs is 1. The summed E-state index contributed by atoms with van der Waals surface area (Å²) in [5, 5.41) is 9.45. The Morgan fingerprint density at radius 1 is 0.960 bits per heavy atom. The lowest BCUT2D eigenvalue weighted by Gasteiger charge is -2.11. The largest absolute Gasteiger partial charge is 0.340 e. The minimum Gasteiger partial charge on any atom is -0.340 e. The maximum absolute atomic E-state index is 6.09. The van der Waals surface area contributed by atoms with E-state index in [0.717, 1.165) is 33.8 Å². The van der Waals surface area contributed by atoms with Crippen molar-refractivity contribution < 1.29 is 0 Å². The molecule has 0 bridgehead atoms. The third kappa shape index (κ3) is 3.06. The van der Waals surface area contributed by atoms with E-state index in [2.05, 4.69) is 15.4 Å². The Bertz CT molecular complexity index is 1070. The molecule has 4 aromatic rings. The molecule has 0 amide bonds. The fraction of sp³-hybridized carbons (Fsp3) is 0.105. The van der Waals surface area contributed by atoms with Gasteiger partial charge in [0, 0.05) is 21.8 Å². The second-order valence-corrected chi connectivity index (χ2v) is 6.30. The fourth-order valence-corrected chi connectivity index (χ4v) is 2.98. The van der Waals surface area contributed by atoms with Gasteiger partial charge in [-0.1, -0.05) is 29.8 Å². The van der Waals surface area contributed by atoms with Crippen LogP contribution < -0.4 is 5.32 Å². The topological polar surface area (TPSA) is 55.6 Å². The second-order valence-electron chi connectivity index (χ2n) is 5.86. The van der Waals surface area contributed by atoms with E-state index in [1.165, 1.54) is 0 Å². The molecule has 0 aliphatic rings. The van der Waals surface area contributed by atoms with Gasteiger partial charge in [-0.2, -0.15) is 10.1 Å². The number of hydrogen-bond acceptors (Lipinski definition) is 4. The van der Waals surface area contributed by atoms with Crippen LogP contribution in [0.1, 0.15) is 11.4 Å². The lowest BCUT2D eigenvalue weighted by atomic mass is 10.2. The molecule has 4 rings (SSSR count). The van der Waals surface area contributed by atoms with Crippen LogP contribution >= 0.6 is 11.6 Å². The third-order valence-electron chi connectivity index (χ3n) is 3.88. The van der Waals surface area contributed by atoms with Gasteiger partial charge in [-0.05, 0) is 50.2 Å². The van der Waals surface area contributed by atoms with Gasteiger partial charge in [-0.15, -0.1) is 0 Å². The number of benzene rings is 2. The van der Waals surface area contributed by atoms with Crippen LogP contribution in [-0.2, 0) is 0 Å². The molecule has 0 unspecified atom stereocenters. The maximum Gasteiger partial charge on any atom is 0.253 e. The van der Waals surface area contributed by atoms with Crippen LogP contribution in [0.5, 0.6) is 0 Å². The minimum absolute atomic E-state index is 0.536. The van der Waals surface area contributed by atoms with Crippen LogP contribution in [0.3, 0.4) is 0 Å². The van der Waals surface area contributed by atoms with E-state index in [-0.39, 0.29) is 0 Å². The summed E-state index contributed by atoms with van der Waals surface area (Å²) >= 11 is 6.09. The number of hydrogen-bond donors (Lipinski definition) is 1. The highest BCUT2D eigenvalue weighted by molar-refractivity contribution is 6.30. The van der Waals surface area contributed by atoms with E-state index < -0.39 is 0 Å². The highest BCUT2D eigenvalue weighted by Gasteiger charge is 2.12. The number of nitrogens with one attached hydrogen (secondary N) is 1. The SMILES string of the molecule is Cc1cc(C)n(-c2nc(Nc3cccc(Cl)c3)c3ccccc3n2)n1. The molecular weight excluding hydrogens is 334 g/mol. The third-order valence-corrected chi connectivity index (χ3v) is 4.11. The van der Waals surface area contributed by atoms with Crippen LogP contribution in [0.4, 0.5) is 11.5 Å². The summed E-state index contributed by atoms with van der Waals surface area (Å²) in [4.78, 5) is 9.37. The van der Waals surface area contributed by atoms with Gasteiger partial charge < -0.3 is 5.32 Å². The molecule has 6 heteroatoms. The highest BCUT2D eigenvalue weighted by Crippen LogP contribution is 2.26. The molecule has 0 saturated carbocycles. The molecule has 0 spiro atoms. The molecule has 2 heterocycles. The van der Waals surface area contributed by atoms with Crippen LogP contribution in [0.25, 0.3) is 16.9 Å². The van der Waals surface area contributed by atoms with Gasteiger partial charge in [0.1, 0.15) is 5.82 Å². The van der Waals surface area contributed by atoms with E-state index >= 15 is 0 Å². The number of anilines is 2. The van der Waals surface area contributed by atoms with Crippen LogP contribution in [0, 0.1) is 13.8 Å². The predicted octanol–water partition coefficient (Wildman–Crippen LogP) is 4.83. The Hall–Kier alpha value is -2.92. The van der Waals surface area contributed by atoms with Gasteiger partial charge in [-0.25, -0.2) is 9.67 Å². The monoisotopic (exact) mass is 349 g/mol. The van der Waals surface area contributed by atoms with E-state index in [1.54, 1.807) is 4.68 Å². The second kappa shape index (κ2) is 6.18. The zero-order chi connectivity index (χ0) is 17.4. The van der Waals surface area contributed by atoms with Crippen molar-refractivity contribution in [1.82, 2.24) is 19.7 Å². The summed E-state index contributed by atoms with van der Waals surface area (Å²) in [5.41, 5.74) is 3.64. The first kappa shape index (κ1) is 15.6. The molecule has 0 aliphatic heterocycles. The van der Waals surface area contributed by atoms with Crippen molar-refractivity contribution in [2.75, 3.05) is 5.32 Å². The molecule has 5 nitrogen and oxygen atoms in total. The van der Waals surface area contributed by atoms with Crippen LogP contribution in [0.2, 0.25) is 5.02 Å². The van der Waals surface area contributed by atoms with Crippen molar-refractivity contribution in [1.29, 1.82) is 0 Å². The lowest BCUT2D eigenvalue weighted by molar-refractivity contribution is 0.781. The lowest BCUT2D eigenvalue weighted by Crippen LogP contribution is -2.07. The molecule has 0 radical (unpaired) electrons. The first-order valence-corrected chi connectivity index (χ1v) is 8.31. The van der Waals surface area contributed by atoms with Gasteiger partial charge in [-0.3, -0.25) is 0 Å². The molecule has 2 aromatic carbocycles. The van der Waals surface area contributed by atoms with Crippen molar-refractivity contribution in [2.45, 2.75) is 13.8 Å². The minimum atomic E-state index is 0.536. The summed E-state index contributed by atoms with van der Waals surface area (Å²) in [6.45, 7) is 3.94. The average molecular weight is 350 g/mol. The van der Waals surface area contributed by atoms with E-state index in [1.807, 2.05) is 68.4 Å². The van der Waals surface area contributed by atoms with E-state index in [9.17, 15) is 0 Å². The number of rotatable bonds is 3. The number of halogens is 1. The number of aryl methyl sites for hydroxylation is 2. The molecule has 2 aromatic heterocycles. The number of para-hydroxylation sites is 1. The Labute approximate surface area is 150 Å². The van der Waals surface area contributed by atoms with E-state index in [0.29, 0.717) is 11.0 Å². The Balaban J connectivity index is 1.88. The van der Waals surface area contributed by atoms with Gasteiger partial charge in [0.05, 0.1) is 11.2 Å². The molecule has 0 atom stereocenters. The Morgan fingerprint density at radius 3 is 2.56 bits per heavy atom. The summed E-state index contributed by atoms with van der Waals surface area (Å²) < 4.78 is 1.75. The molecule has 0 aliphatic carbocycles. The summed E-state index contributed by atoms with van der Waals surface area (Å²) in [5.74, 6) is 1.25. The molecule has 0 fully saturated rings. The van der Waals surface area contributed by atoms with Gasteiger partial charge >= 0.3 is 0 Å². The normalized spacial score (nSPS) is 11.0. The van der Waals surface area contributed by atoms with E-state index in [4.69, 9.17) is 16.6 Å². The fourth-order valence-electron chi connectivity index (χ4n) is 2.79. The van der Waals surface area contributed by atoms with Gasteiger partial charge in [0.15, 0.2) is 0 Å². The number of aromatic nitrogens is 4. The Morgan fingerprint density at radius 2 is 1.80 bits per heavy atom. The standard InChI is InChI=1S/C19H16ClN5/c1-12-10-13(2)25(24-12)19-22-17-9-4-3-8-16(17)18(23-19)21-15-7-5-6-14(20)11-15/h3-11H,1-2H3,(H,21,22,23). The first-order valence-electron chi connectivity index (χ1n) is 7.93. The van der Waals surface area contributed by atoms with Gasteiger partial charge in [0.2, 0.25) is 0 Å². The average Bonchev–Trinajstić information content (AvgIpc) is 2.93. The molecule has 1 N–H and O–H groups in total. The highest BCUT2D eigenvalue weighted by atomic mass is 35.5. The molecule has 124 valence electrons. The van der Waals surface area contributed by atoms with Crippen molar-refractivity contribution in [3.63, 3.8) is 0 Å². The smallest absolute Gasteiger partial charge is 0.253 e. The van der Waals surface area contributed by atoms with Gasteiger partial charge in [0.25, 0.3) is 5.95 Å². The first-order chi connectivity index (χ1) is 12.1. The Kier molecular flexibility index (Phi) is 3.86. The van der Waals surface area contributed by atoms with Crippen molar-refractivity contribution in [3.05, 3.63) is 71.0 Å². The zero-order valence-corrected chi connectivity index (χ0v) is 14.6. The van der Waals surface area contributed by atoms with Crippen molar-refractivity contribution in [2.24, 2.45) is 0 Å². The van der Waals surface area contributed by atoms with Crippen LogP contribution in [-0.4, -0.2) is 19.7 Å². The van der Waals surface area contributed by atoms with Crippen molar-refractivity contribution >= 4 is 34.0 Å². The number of nitrogens with zero attached hydrogens (tertiary/aromatic N) is 4. The molecular formula is C19H16ClN5.